The number of ketones is 1. The maximum atomic E-state index is 11.7. The summed E-state index contributed by atoms with van der Waals surface area (Å²) in [7, 11) is 1.44. The van der Waals surface area contributed by atoms with Gasteiger partial charge in [-0.05, 0) is 37.1 Å². The Morgan fingerprint density at radius 2 is 1.91 bits per heavy atom. The number of hydrogen-bond donors (Lipinski definition) is 2. The largest absolute Gasteiger partial charge is 0.494 e. The lowest BCUT2D eigenvalue weighted by molar-refractivity contribution is -0.416. The van der Waals surface area contributed by atoms with Crippen molar-refractivity contribution < 1.29 is 14.5 Å². The molecular weight excluding hydrogens is 300 g/mol. The summed E-state index contributed by atoms with van der Waals surface area (Å²) in [4.78, 5) is 26.6. The third-order valence-electron chi connectivity index (χ3n) is 3.45. The number of ether oxygens (including phenoxy) is 1. The van der Waals surface area contributed by atoms with E-state index in [-0.39, 0.29) is 5.71 Å². The number of aryl methyl sites for hydroxylation is 1. The van der Waals surface area contributed by atoms with Gasteiger partial charge < -0.3 is 16.2 Å². The minimum Gasteiger partial charge on any atom is -0.494 e. The number of methoxy groups -OCH3 is 1. The van der Waals surface area contributed by atoms with E-state index >= 15 is 0 Å². The Hall–Kier alpha value is -3.16. The number of anilines is 1. The molecule has 1 aromatic carbocycles. The number of nitrogen functional groups attached to an aromatic ring is 1. The summed E-state index contributed by atoms with van der Waals surface area (Å²) in [5.41, 5.74) is 12.4. The molecule has 120 valence electrons. The van der Waals surface area contributed by atoms with Crippen molar-refractivity contribution >= 4 is 22.9 Å². The summed E-state index contributed by atoms with van der Waals surface area (Å²) >= 11 is 0. The lowest BCUT2D eigenvalue weighted by Gasteiger charge is -2.13. The van der Waals surface area contributed by atoms with Crippen LogP contribution >= 0.6 is 0 Å². The molecule has 0 unspecified atom stereocenters. The van der Waals surface area contributed by atoms with Gasteiger partial charge in [0.1, 0.15) is 17.1 Å². The van der Waals surface area contributed by atoms with Crippen molar-refractivity contribution in [2.75, 3.05) is 12.8 Å². The van der Waals surface area contributed by atoms with Crippen LogP contribution in [0.15, 0.2) is 40.2 Å². The molecule has 1 aromatic rings. The number of benzene rings is 1. The van der Waals surface area contributed by atoms with Gasteiger partial charge in [-0.1, -0.05) is 0 Å². The minimum atomic E-state index is -0.709. The van der Waals surface area contributed by atoms with Crippen molar-refractivity contribution in [1.82, 2.24) is 0 Å². The van der Waals surface area contributed by atoms with Crippen molar-refractivity contribution in [3.63, 3.8) is 0 Å². The fraction of sp³-hybridized carbons (Fsp3) is 0.200. The minimum absolute atomic E-state index is 0.0228. The van der Waals surface area contributed by atoms with Gasteiger partial charge in [0.25, 0.3) is 0 Å². The Morgan fingerprint density at radius 3 is 2.48 bits per heavy atom. The van der Waals surface area contributed by atoms with Crippen LogP contribution in [0.5, 0.6) is 5.75 Å². The van der Waals surface area contributed by atoms with Crippen LogP contribution in [0.4, 0.5) is 11.4 Å². The number of hydrogen-bond acceptors (Lipinski definition) is 7. The monoisotopic (exact) mass is 316 g/mol. The molecule has 0 aromatic heterocycles. The molecule has 0 spiro atoms. The van der Waals surface area contributed by atoms with Crippen molar-refractivity contribution in [3.8, 4) is 5.75 Å². The first-order valence-corrected chi connectivity index (χ1v) is 6.66. The van der Waals surface area contributed by atoms with Crippen LogP contribution in [0.3, 0.4) is 0 Å². The van der Waals surface area contributed by atoms with Crippen molar-refractivity contribution in [2.24, 2.45) is 10.7 Å². The first-order valence-electron chi connectivity index (χ1n) is 6.66. The highest BCUT2D eigenvalue weighted by Crippen LogP contribution is 2.34. The van der Waals surface area contributed by atoms with E-state index in [9.17, 15) is 14.9 Å². The number of allylic oxidation sites excluding steroid dienone is 2. The number of carbonyl (C=O) groups excluding carboxylic acids is 1. The summed E-state index contributed by atoms with van der Waals surface area (Å²) in [6.07, 6.45) is 1.22. The van der Waals surface area contributed by atoms with Crippen LogP contribution < -0.4 is 16.2 Å². The van der Waals surface area contributed by atoms with Gasteiger partial charge in [0.2, 0.25) is 5.78 Å². The third-order valence-corrected chi connectivity index (χ3v) is 3.45. The second-order valence-electron chi connectivity index (χ2n) is 5.05. The predicted molar refractivity (Wildman–Crippen MR) is 86.2 cm³/mol. The molecule has 1 aliphatic carbocycles. The molecule has 0 amide bonds. The normalized spacial score (nSPS) is 16.6. The van der Waals surface area contributed by atoms with Gasteiger partial charge in [0.15, 0.2) is 5.70 Å². The second-order valence-corrected chi connectivity index (χ2v) is 5.05. The first kappa shape index (κ1) is 16.2. The van der Waals surface area contributed by atoms with Crippen LogP contribution in [0.2, 0.25) is 0 Å². The number of nitrogens with two attached hydrogens (primary N) is 2. The fourth-order valence-corrected chi connectivity index (χ4v) is 2.16. The van der Waals surface area contributed by atoms with Crippen LogP contribution in [0, 0.1) is 17.0 Å². The van der Waals surface area contributed by atoms with E-state index in [1.54, 1.807) is 26.0 Å². The van der Waals surface area contributed by atoms with Crippen LogP contribution in [-0.4, -0.2) is 23.5 Å². The molecule has 2 rings (SSSR count). The van der Waals surface area contributed by atoms with Gasteiger partial charge >= 0.3 is 5.70 Å². The lowest BCUT2D eigenvalue weighted by atomic mass is 9.98. The molecule has 0 fully saturated rings. The molecule has 1 aliphatic rings. The molecule has 0 saturated carbocycles. The Kier molecular flexibility index (Phi) is 4.17. The number of carbonyl (C=O) groups is 1. The Balaban J connectivity index is 2.70. The Morgan fingerprint density at radius 1 is 1.26 bits per heavy atom. The van der Waals surface area contributed by atoms with Gasteiger partial charge in [-0.3, -0.25) is 14.9 Å². The summed E-state index contributed by atoms with van der Waals surface area (Å²) < 4.78 is 5.21. The first-order chi connectivity index (χ1) is 10.8. The van der Waals surface area contributed by atoms with E-state index in [1.165, 1.54) is 13.2 Å². The Labute approximate surface area is 132 Å². The second kappa shape index (κ2) is 5.91. The lowest BCUT2D eigenvalue weighted by Crippen LogP contribution is -2.27. The predicted octanol–water partition coefficient (Wildman–Crippen LogP) is 1.63. The zero-order valence-electron chi connectivity index (χ0n) is 12.9. The molecule has 23 heavy (non-hydrogen) atoms. The zero-order chi connectivity index (χ0) is 17.3. The van der Waals surface area contributed by atoms with Gasteiger partial charge in [-0.15, -0.1) is 0 Å². The molecular formula is C15H16N4O4. The van der Waals surface area contributed by atoms with Gasteiger partial charge in [-0.2, -0.15) is 0 Å². The van der Waals surface area contributed by atoms with Crippen LogP contribution in [0.1, 0.15) is 12.5 Å². The highest BCUT2D eigenvalue weighted by Gasteiger charge is 2.32. The van der Waals surface area contributed by atoms with Gasteiger partial charge in [-0.25, -0.2) is 4.99 Å². The maximum Gasteiger partial charge on any atom is 0.321 e. The molecule has 0 radical (unpaired) electrons. The molecule has 0 atom stereocenters. The average Bonchev–Trinajstić information content (AvgIpc) is 2.47. The van der Waals surface area contributed by atoms with E-state index in [2.05, 4.69) is 4.99 Å². The van der Waals surface area contributed by atoms with Crippen molar-refractivity contribution in [1.29, 1.82) is 0 Å². The SMILES string of the molecule is COc1cc(N)c(C)cc1N=C1C(C)=CC(=O)C(N)=C1[N+](=O)[O-]. The summed E-state index contributed by atoms with van der Waals surface area (Å²) in [6.45, 7) is 3.34. The molecule has 4 N–H and O–H groups in total. The van der Waals surface area contributed by atoms with E-state index in [4.69, 9.17) is 16.2 Å². The van der Waals surface area contributed by atoms with E-state index in [0.29, 0.717) is 22.7 Å². The van der Waals surface area contributed by atoms with E-state index < -0.39 is 22.1 Å². The summed E-state index contributed by atoms with van der Waals surface area (Å²) in [5.74, 6) is -0.236. The molecule has 8 heteroatoms. The number of nitrogens with zero attached hydrogens (tertiary/aromatic N) is 2. The standard InChI is InChI=1S/C15H16N4O4/c1-7-4-10(12(23-3)6-9(7)16)18-14-8(2)5-11(20)13(17)15(14)19(21)22/h4-6H,16-17H2,1-3H3. The smallest absolute Gasteiger partial charge is 0.321 e. The molecule has 0 aliphatic heterocycles. The molecule has 8 nitrogen and oxygen atoms in total. The quantitative estimate of drug-likeness (QED) is 0.377. The number of nitro groups is 1. The van der Waals surface area contributed by atoms with E-state index in [0.717, 1.165) is 5.56 Å². The van der Waals surface area contributed by atoms with Gasteiger partial charge in [0, 0.05) is 11.8 Å². The summed E-state index contributed by atoms with van der Waals surface area (Å²) in [6, 6.07) is 3.24. The topological polar surface area (TPSA) is 134 Å². The fourth-order valence-electron chi connectivity index (χ4n) is 2.16. The van der Waals surface area contributed by atoms with Crippen molar-refractivity contribution in [3.05, 3.63) is 50.9 Å². The number of rotatable bonds is 3. The highest BCUT2D eigenvalue weighted by atomic mass is 16.6. The molecule has 0 bridgehead atoms. The highest BCUT2D eigenvalue weighted by molar-refractivity contribution is 6.23. The average molecular weight is 316 g/mol. The molecule has 0 saturated heterocycles. The Bertz CT molecular complexity index is 806. The van der Waals surface area contributed by atoms with Crippen molar-refractivity contribution in [2.45, 2.75) is 13.8 Å². The van der Waals surface area contributed by atoms with Crippen LogP contribution in [0.25, 0.3) is 0 Å². The van der Waals surface area contributed by atoms with E-state index in [1.807, 2.05) is 0 Å². The van der Waals surface area contributed by atoms with Gasteiger partial charge in [0.05, 0.1) is 12.0 Å². The maximum absolute atomic E-state index is 11.7. The van der Waals surface area contributed by atoms with Crippen LogP contribution in [-0.2, 0) is 4.79 Å². The zero-order valence-corrected chi connectivity index (χ0v) is 12.9. The summed E-state index contributed by atoms with van der Waals surface area (Å²) in [5, 5.41) is 11.3. The molecule has 0 heterocycles. The number of aliphatic imine (C=N–C) groups is 1. The third kappa shape index (κ3) is 2.91.